The predicted molar refractivity (Wildman–Crippen MR) is 78.9 cm³/mol. The van der Waals surface area contributed by atoms with E-state index in [1.54, 1.807) is 0 Å². The van der Waals surface area contributed by atoms with Crippen molar-refractivity contribution < 1.29 is 0 Å². The third kappa shape index (κ3) is 4.55. The Kier molecular flexibility index (Phi) is 6.50. The first kappa shape index (κ1) is 14.3. The van der Waals surface area contributed by atoms with Gasteiger partial charge < -0.3 is 10.2 Å². The number of hydrogen-bond acceptors (Lipinski definition) is 2. The molecule has 2 fully saturated rings. The Balaban J connectivity index is 1.67. The Morgan fingerprint density at radius 3 is 2.50 bits per heavy atom. The molecule has 0 aromatic heterocycles. The van der Waals surface area contributed by atoms with Crippen LogP contribution in [0.15, 0.2) is 0 Å². The largest absolute Gasteiger partial charge is 0.314 e. The minimum absolute atomic E-state index is 0.830. The van der Waals surface area contributed by atoms with E-state index in [0.29, 0.717) is 0 Å². The van der Waals surface area contributed by atoms with E-state index in [4.69, 9.17) is 0 Å². The molecule has 2 heteroatoms. The van der Waals surface area contributed by atoms with Crippen LogP contribution < -0.4 is 5.32 Å². The monoisotopic (exact) mass is 252 g/mol. The first-order chi connectivity index (χ1) is 8.90. The van der Waals surface area contributed by atoms with Gasteiger partial charge in [-0.2, -0.15) is 0 Å². The maximum atomic E-state index is 3.76. The van der Waals surface area contributed by atoms with Crippen LogP contribution in [0.4, 0.5) is 0 Å². The molecule has 0 radical (unpaired) electrons. The number of likely N-dealkylation sites (tertiary alicyclic amines) is 1. The Morgan fingerprint density at radius 1 is 1.00 bits per heavy atom. The Hall–Kier alpha value is -0.0800. The molecule has 0 aromatic carbocycles. The van der Waals surface area contributed by atoms with Crippen LogP contribution in [0, 0.1) is 5.92 Å². The summed E-state index contributed by atoms with van der Waals surface area (Å²) in [6.07, 6.45) is 12.8. The van der Waals surface area contributed by atoms with E-state index in [9.17, 15) is 0 Å². The summed E-state index contributed by atoms with van der Waals surface area (Å²) in [5.41, 5.74) is 0. The van der Waals surface area contributed by atoms with E-state index in [1.807, 2.05) is 0 Å². The van der Waals surface area contributed by atoms with Crippen LogP contribution in [0.2, 0.25) is 0 Å². The lowest BCUT2D eigenvalue weighted by Crippen LogP contribution is -2.35. The van der Waals surface area contributed by atoms with Crippen LogP contribution in [0.3, 0.4) is 0 Å². The quantitative estimate of drug-likeness (QED) is 0.779. The number of nitrogens with zero attached hydrogens (tertiary/aromatic N) is 1. The molecule has 0 spiro atoms. The van der Waals surface area contributed by atoms with Crippen LogP contribution in [0.25, 0.3) is 0 Å². The van der Waals surface area contributed by atoms with Gasteiger partial charge in [0.2, 0.25) is 0 Å². The molecule has 18 heavy (non-hydrogen) atoms. The second-order valence-electron chi connectivity index (χ2n) is 6.30. The molecule has 2 aliphatic rings. The minimum atomic E-state index is 0.830. The molecule has 2 rings (SSSR count). The summed E-state index contributed by atoms with van der Waals surface area (Å²) in [6.45, 7) is 7.56. The zero-order valence-corrected chi connectivity index (χ0v) is 12.3. The summed E-state index contributed by atoms with van der Waals surface area (Å²) >= 11 is 0. The van der Waals surface area contributed by atoms with Crippen LogP contribution >= 0.6 is 0 Å². The zero-order valence-electron chi connectivity index (χ0n) is 12.3. The van der Waals surface area contributed by atoms with Crippen molar-refractivity contribution in [3.05, 3.63) is 0 Å². The number of hydrogen-bond donors (Lipinski definition) is 1. The fraction of sp³-hybridized carbons (Fsp3) is 1.00. The van der Waals surface area contributed by atoms with Crippen molar-refractivity contribution in [2.75, 3.05) is 26.2 Å². The van der Waals surface area contributed by atoms with Crippen LogP contribution in [-0.4, -0.2) is 37.1 Å². The van der Waals surface area contributed by atoms with Gasteiger partial charge in [-0.1, -0.05) is 26.2 Å². The Morgan fingerprint density at radius 2 is 1.78 bits per heavy atom. The second-order valence-corrected chi connectivity index (χ2v) is 6.30. The van der Waals surface area contributed by atoms with Gasteiger partial charge in [-0.05, 0) is 70.6 Å². The molecule has 0 bridgehead atoms. The molecule has 1 aliphatic heterocycles. The first-order valence-electron chi connectivity index (χ1n) is 8.36. The SMILES string of the molecule is CCCNC1CCCC1CCN1CCCCCC1. The molecule has 106 valence electrons. The summed E-state index contributed by atoms with van der Waals surface area (Å²) in [6, 6.07) is 0.830. The van der Waals surface area contributed by atoms with E-state index in [0.717, 1.165) is 12.0 Å². The highest BCUT2D eigenvalue weighted by molar-refractivity contribution is 4.83. The number of rotatable bonds is 6. The van der Waals surface area contributed by atoms with Gasteiger partial charge in [-0.3, -0.25) is 0 Å². The van der Waals surface area contributed by atoms with E-state index in [-0.39, 0.29) is 0 Å². The van der Waals surface area contributed by atoms with Gasteiger partial charge in [0.05, 0.1) is 0 Å². The van der Waals surface area contributed by atoms with Crippen molar-refractivity contribution in [1.29, 1.82) is 0 Å². The van der Waals surface area contributed by atoms with Gasteiger partial charge in [0.1, 0.15) is 0 Å². The lowest BCUT2D eigenvalue weighted by molar-refractivity contribution is 0.248. The lowest BCUT2D eigenvalue weighted by atomic mass is 9.99. The average Bonchev–Trinajstić information content (AvgIpc) is 2.67. The van der Waals surface area contributed by atoms with Gasteiger partial charge in [0.15, 0.2) is 0 Å². The van der Waals surface area contributed by atoms with E-state index >= 15 is 0 Å². The molecule has 1 saturated carbocycles. The van der Waals surface area contributed by atoms with Crippen molar-refractivity contribution in [2.24, 2.45) is 5.92 Å². The molecule has 1 aliphatic carbocycles. The first-order valence-corrected chi connectivity index (χ1v) is 8.36. The van der Waals surface area contributed by atoms with Gasteiger partial charge in [0, 0.05) is 6.04 Å². The van der Waals surface area contributed by atoms with Gasteiger partial charge in [-0.25, -0.2) is 0 Å². The fourth-order valence-electron chi connectivity index (χ4n) is 3.69. The van der Waals surface area contributed by atoms with Crippen molar-refractivity contribution in [2.45, 2.75) is 70.8 Å². The predicted octanol–water partition coefficient (Wildman–Crippen LogP) is 3.42. The smallest absolute Gasteiger partial charge is 0.00958 e. The van der Waals surface area contributed by atoms with Gasteiger partial charge in [0.25, 0.3) is 0 Å². The maximum Gasteiger partial charge on any atom is 0.00958 e. The summed E-state index contributed by atoms with van der Waals surface area (Å²) in [5.74, 6) is 0.958. The summed E-state index contributed by atoms with van der Waals surface area (Å²) in [5, 5.41) is 3.76. The zero-order chi connectivity index (χ0) is 12.6. The highest BCUT2D eigenvalue weighted by Gasteiger charge is 2.26. The average molecular weight is 252 g/mol. The van der Waals surface area contributed by atoms with Crippen molar-refractivity contribution in [3.63, 3.8) is 0 Å². The molecular formula is C16H32N2. The third-order valence-electron chi connectivity index (χ3n) is 4.83. The molecular weight excluding hydrogens is 220 g/mol. The highest BCUT2D eigenvalue weighted by atomic mass is 15.1. The topological polar surface area (TPSA) is 15.3 Å². The Bertz CT molecular complexity index is 209. The molecule has 2 atom stereocenters. The van der Waals surface area contributed by atoms with Crippen molar-refractivity contribution in [1.82, 2.24) is 10.2 Å². The molecule has 2 unspecified atom stereocenters. The maximum absolute atomic E-state index is 3.76. The molecule has 1 heterocycles. The van der Waals surface area contributed by atoms with Gasteiger partial charge in [-0.15, -0.1) is 0 Å². The van der Waals surface area contributed by atoms with Crippen molar-refractivity contribution in [3.8, 4) is 0 Å². The van der Waals surface area contributed by atoms with E-state index < -0.39 is 0 Å². The standard InChI is InChI=1S/C16H32N2/c1-2-11-17-16-9-7-8-15(16)10-14-18-12-5-3-4-6-13-18/h15-17H,2-14H2,1H3. The summed E-state index contributed by atoms with van der Waals surface area (Å²) in [4.78, 5) is 2.72. The lowest BCUT2D eigenvalue weighted by Gasteiger charge is -2.25. The van der Waals surface area contributed by atoms with Crippen molar-refractivity contribution >= 4 is 0 Å². The Labute approximate surface area is 114 Å². The third-order valence-corrected chi connectivity index (χ3v) is 4.83. The minimum Gasteiger partial charge on any atom is -0.314 e. The molecule has 0 amide bonds. The number of nitrogens with one attached hydrogen (secondary N) is 1. The van der Waals surface area contributed by atoms with Gasteiger partial charge >= 0.3 is 0 Å². The molecule has 2 nitrogen and oxygen atoms in total. The van der Waals surface area contributed by atoms with Crippen LogP contribution in [-0.2, 0) is 0 Å². The molecule has 1 saturated heterocycles. The summed E-state index contributed by atoms with van der Waals surface area (Å²) in [7, 11) is 0. The molecule has 0 aromatic rings. The molecule has 1 N–H and O–H groups in total. The highest BCUT2D eigenvalue weighted by Crippen LogP contribution is 2.28. The normalized spacial score (nSPS) is 30.5. The van der Waals surface area contributed by atoms with Crippen LogP contribution in [0.1, 0.15) is 64.7 Å². The van der Waals surface area contributed by atoms with E-state index in [1.165, 1.54) is 84.0 Å². The van der Waals surface area contributed by atoms with Crippen LogP contribution in [0.5, 0.6) is 0 Å². The van der Waals surface area contributed by atoms with E-state index in [2.05, 4.69) is 17.1 Å². The fourth-order valence-corrected chi connectivity index (χ4v) is 3.69. The summed E-state index contributed by atoms with van der Waals surface area (Å²) < 4.78 is 0. The second kappa shape index (κ2) is 8.16.